The minimum Gasteiger partial charge on any atom is -0.468 e. The molecule has 2 aromatic carbocycles. The molecule has 12 nitrogen and oxygen atoms in total. The van der Waals surface area contributed by atoms with Crippen LogP contribution in [0.4, 0.5) is 5.13 Å². The summed E-state index contributed by atoms with van der Waals surface area (Å²) in [6.07, 6.45) is 0. The van der Waals surface area contributed by atoms with Crippen LogP contribution in [0.1, 0.15) is 17.3 Å². The molecule has 0 bridgehead atoms. The summed E-state index contributed by atoms with van der Waals surface area (Å²) in [4.78, 5) is 57.5. The summed E-state index contributed by atoms with van der Waals surface area (Å²) in [6, 6.07) is 13.8. The predicted octanol–water partition coefficient (Wildman–Crippen LogP) is 2.66. The van der Waals surface area contributed by atoms with Crippen LogP contribution in [0.3, 0.4) is 0 Å². The van der Waals surface area contributed by atoms with E-state index in [9.17, 15) is 27.6 Å². The first-order chi connectivity index (χ1) is 19.6. The Hall–Kier alpha value is -4.21. The Kier molecular flexibility index (Phi) is 9.42. The van der Waals surface area contributed by atoms with Gasteiger partial charge in [0.1, 0.15) is 18.1 Å². The van der Waals surface area contributed by atoms with Gasteiger partial charge in [0.25, 0.3) is 5.91 Å². The van der Waals surface area contributed by atoms with Crippen molar-refractivity contribution in [3.8, 4) is 11.3 Å². The lowest BCUT2D eigenvalue weighted by atomic mass is 10.2. The molecule has 0 aliphatic heterocycles. The Labute approximate surface area is 242 Å². The number of methoxy groups -OCH3 is 1. The number of carbonyl (C=O) groups is 4. The van der Waals surface area contributed by atoms with E-state index in [1.165, 1.54) is 23.8 Å². The molecule has 0 spiro atoms. The van der Waals surface area contributed by atoms with Gasteiger partial charge in [0, 0.05) is 10.9 Å². The number of aromatic nitrogens is 2. The molecule has 0 radical (unpaired) electrons. The zero-order valence-corrected chi connectivity index (χ0v) is 24.3. The smallest absolute Gasteiger partial charge is 0.338 e. The number of hydrogen-bond donors (Lipinski definition) is 1. The van der Waals surface area contributed by atoms with E-state index in [4.69, 9.17) is 9.47 Å². The molecular weight excluding hydrogens is 593 g/mol. The van der Waals surface area contributed by atoms with Gasteiger partial charge in [-0.15, -0.1) is 11.3 Å². The van der Waals surface area contributed by atoms with Crippen LogP contribution in [0.25, 0.3) is 21.5 Å². The largest absolute Gasteiger partial charge is 0.468 e. The number of amides is 2. The molecule has 214 valence electrons. The molecule has 2 amide bonds. The zero-order valence-electron chi connectivity index (χ0n) is 21.9. The Balaban J connectivity index is 1.50. The minimum atomic E-state index is -4.20. The van der Waals surface area contributed by atoms with Crippen LogP contribution >= 0.6 is 22.7 Å². The highest BCUT2D eigenvalue weighted by Gasteiger charge is 2.22. The fraction of sp³-hybridized carbons (Fsp3) is 0.231. The van der Waals surface area contributed by atoms with Gasteiger partial charge in [0.2, 0.25) is 5.91 Å². The molecule has 0 unspecified atom stereocenters. The maximum absolute atomic E-state index is 12.7. The van der Waals surface area contributed by atoms with E-state index in [0.717, 1.165) is 28.2 Å². The van der Waals surface area contributed by atoms with Crippen molar-refractivity contribution in [1.29, 1.82) is 0 Å². The summed E-state index contributed by atoms with van der Waals surface area (Å²) in [5.41, 5.74) is 2.20. The number of rotatable bonds is 10. The number of fused-ring (bicyclic) bond motifs is 1. The predicted molar refractivity (Wildman–Crippen MR) is 153 cm³/mol. The number of ether oxygens (including phenoxy) is 2. The third kappa shape index (κ3) is 7.71. The van der Waals surface area contributed by atoms with Crippen molar-refractivity contribution in [3.63, 3.8) is 0 Å². The minimum absolute atomic E-state index is 0.0206. The summed E-state index contributed by atoms with van der Waals surface area (Å²) < 4.78 is 36.9. The summed E-state index contributed by atoms with van der Waals surface area (Å²) in [7, 11) is -3.00. The first kappa shape index (κ1) is 29.8. The fourth-order valence-corrected chi connectivity index (χ4v) is 6.49. The van der Waals surface area contributed by atoms with Crippen LogP contribution in [-0.4, -0.2) is 66.9 Å². The van der Waals surface area contributed by atoms with Gasteiger partial charge in [-0.25, -0.2) is 18.2 Å². The molecule has 15 heteroatoms. The van der Waals surface area contributed by atoms with Gasteiger partial charge in [-0.1, -0.05) is 41.7 Å². The number of benzene rings is 2. The average Bonchev–Trinajstić information content (AvgIpc) is 3.52. The Morgan fingerprint density at radius 1 is 1.07 bits per heavy atom. The summed E-state index contributed by atoms with van der Waals surface area (Å²) in [5, 5.41) is 4.39. The second-order valence-electron chi connectivity index (χ2n) is 8.44. The Bertz CT molecular complexity index is 1790. The van der Waals surface area contributed by atoms with Crippen LogP contribution in [0.5, 0.6) is 0 Å². The monoisotopic (exact) mass is 616 g/mol. The van der Waals surface area contributed by atoms with Gasteiger partial charge in [0.15, 0.2) is 19.8 Å². The van der Waals surface area contributed by atoms with Crippen molar-refractivity contribution in [3.05, 3.63) is 64.3 Å². The number of carbonyl (C=O) groups excluding carboxylic acids is 4. The van der Waals surface area contributed by atoms with Gasteiger partial charge in [-0.05, 0) is 25.1 Å². The molecule has 4 aromatic rings. The standard InChI is InChI=1S/C26H24N4O8S3/c1-3-38-24(34)17-9-10-19-20(11-17)40-26(30(19)12-23(33)37-2)29-22(32)15-41(35,36)14-21(31)28-25-27-18(13-39-25)16-7-5-4-6-8-16/h4-11,13H,3,12,14-15H2,1-2H3,(H,27,28,31). The summed E-state index contributed by atoms with van der Waals surface area (Å²) >= 11 is 2.11. The molecule has 1 N–H and O–H groups in total. The fourth-order valence-electron chi connectivity index (χ4n) is 3.65. The number of thiazole rings is 2. The van der Waals surface area contributed by atoms with E-state index in [1.54, 1.807) is 18.4 Å². The van der Waals surface area contributed by atoms with Crippen LogP contribution in [-0.2, 0) is 40.2 Å². The van der Waals surface area contributed by atoms with E-state index in [2.05, 4.69) is 15.3 Å². The van der Waals surface area contributed by atoms with Gasteiger partial charge in [-0.2, -0.15) is 4.99 Å². The second-order valence-corrected chi connectivity index (χ2v) is 12.4. The van der Waals surface area contributed by atoms with Crippen molar-refractivity contribution in [2.24, 2.45) is 4.99 Å². The van der Waals surface area contributed by atoms with Gasteiger partial charge >= 0.3 is 11.9 Å². The summed E-state index contributed by atoms with van der Waals surface area (Å²) in [6.45, 7) is 1.55. The SMILES string of the molecule is CCOC(=O)c1ccc2c(c1)sc(=NC(=O)CS(=O)(=O)CC(=O)Nc1nc(-c3ccccc3)cs1)n2CC(=O)OC. The Morgan fingerprint density at radius 2 is 1.83 bits per heavy atom. The molecule has 2 heterocycles. The molecular formula is C26H24N4O8S3. The van der Waals surface area contributed by atoms with E-state index < -0.39 is 45.1 Å². The third-order valence-electron chi connectivity index (χ3n) is 5.44. The molecule has 0 fully saturated rings. The maximum Gasteiger partial charge on any atom is 0.338 e. The van der Waals surface area contributed by atoms with Crippen LogP contribution in [0, 0.1) is 0 Å². The Morgan fingerprint density at radius 3 is 2.54 bits per heavy atom. The van der Waals surface area contributed by atoms with Crippen molar-refractivity contribution >= 4 is 71.6 Å². The van der Waals surface area contributed by atoms with E-state index in [-0.39, 0.29) is 28.6 Å². The van der Waals surface area contributed by atoms with Gasteiger partial charge in [-0.3, -0.25) is 14.4 Å². The van der Waals surface area contributed by atoms with E-state index in [1.807, 2.05) is 30.3 Å². The quantitative estimate of drug-likeness (QED) is 0.264. The number of nitrogens with zero attached hydrogens (tertiary/aromatic N) is 3. The number of anilines is 1. The molecule has 0 saturated heterocycles. The lowest BCUT2D eigenvalue weighted by Gasteiger charge is -2.05. The third-order valence-corrected chi connectivity index (χ3v) is 8.63. The van der Waals surface area contributed by atoms with Crippen molar-refractivity contribution in [2.45, 2.75) is 13.5 Å². The van der Waals surface area contributed by atoms with Crippen molar-refractivity contribution in [1.82, 2.24) is 9.55 Å². The van der Waals surface area contributed by atoms with E-state index in [0.29, 0.717) is 15.9 Å². The first-order valence-electron chi connectivity index (χ1n) is 12.0. The van der Waals surface area contributed by atoms with Crippen molar-refractivity contribution < 1.29 is 37.1 Å². The molecule has 0 saturated carbocycles. The highest BCUT2D eigenvalue weighted by molar-refractivity contribution is 7.92. The second kappa shape index (κ2) is 13.0. The number of hydrogen-bond acceptors (Lipinski definition) is 11. The molecule has 2 aromatic heterocycles. The first-order valence-corrected chi connectivity index (χ1v) is 15.6. The normalized spacial score (nSPS) is 11.8. The molecule has 0 atom stereocenters. The van der Waals surface area contributed by atoms with Crippen LogP contribution in [0.15, 0.2) is 58.9 Å². The molecule has 0 aliphatic rings. The number of nitrogens with one attached hydrogen (secondary N) is 1. The zero-order chi connectivity index (χ0) is 29.6. The lowest BCUT2D eigenvalue weighted by Crippen LogP contribution is -2.28. The van der Waals surface area contributed by atoms with E-state index >= 15 is 0 Å². The molecule has 4 rings (SSSR count). The molecule has 41 heavy (non-hydrogen) atoms. The van der Waals surface area contributed by atoms with Crippen LogP contribution in [0.2, 0.25) is 0 Å². The van der Waals surface area contributed by atoms with Crippen molar-refractivity contribution in [2.75, 3.05) is 30.5 Å². The van der Waals surface area contributed by atoms with Gasteiger partial charge < -0.3 is 19.4 Å². The van der Waals surface area contributed by atoms with Gasteiger partial charge in [0.05, 0.1) is 35.2 Å². The topological polar surface area (TPSA) is 163 Å². The number of esters is 2. The average molecular weight is 617 g/mol. The summed E-state index contributed by atoms with van der Waals surface area (Å²) in [5.74, 6) is -5.04. The highest BCUT2D eigenvalue weighted by Crippen LogP contribution is 2.24. The number of sulfone groups is 1. The lowest BCUT2D eigenvalue weighted by molar-refractivity contribution is -0.141. The maximum atomic E-state index is 12.7. The molecule has 0 aliphatic carbocycles. The van der Waals surface area contributed by atoms with Crippen LogP contribution < -0.4 is 10.1 Å². The highest BCUT2D eigenvalue weighted by atomic mass is 32.2.